The van der Waals surface area contributed by atoms with Crippen LogP contribution in [0, 0.1) is 0 Å². The molecule has 0 fully saturated rings. The van der Waals surface area contributed by atoms with Gasteiger partial charge in [-0.3, -0.25) is 4.79 Å². The number of alkyl halides is 3. The second-order valence-corrected chi connectivity index (χ2v) is 2.97. The van der Waals surface area contributed by atoms with Gasteiger partial charge in [0.1, 0.15) is 5.76 Å². The van der Waals surface area contributed by atoms with Crippen molar-refractivity contribution < 1.29 is 22.4 Å². The minimum absolute atomic E-state index is 0.115. The maximum Gasteiger partial charge on any atom is 0.389 e. The van der Waals surface area contributed by atoms with Crippen molar-refractivity contribution in [2.24, 2.45) is 0 Å². The average molecular weight is 221 g/mol. The van der Waals surface area contributed by atoms with Gasteiger partial charge in [0.15, 0.2) is 0 Å². The molecule has 3 nitrogen and oxygen atoms in total. The van der Waals surface area contributed by atoms with Crippen molar-refractivity contribution in [1.29, 1.82) is 0 Å². The number of hydrogen-bond acceptors (Lipinski definition) is 2. The highest BCUT2D eigenvalue weighted by atomic mass is 19.4. The van der Waals surface area contributed by atoms with Gasteiger partial charge in [0, 0.05) is 6.42 Å². The molecule has 0 radical (unpaired) electrons. The first-order valence-electron chi connectivity index (χ1n) is 4.33. The van der Waals surface area contributed by atoms with Crippen LogP contribution in [0.5, 0.6) is 0 Å². The summed E-state index contributed by atoms with van der Waals surface area (Å²) >= 11 is 0. The molecule has 1 amide bonds. The second-order valence-electron chi connectivity index (χ2n) is 2.97. The summed E-state index contributed by atoms with van der Waals surface area (Å²) < 4.78 is 40.1. The Bertz CT molecular complexity index is 306. The number of halogens is 3. The molecule has 1 aromatic rings. The molecule has 0 unspecified atom stereocenters. The van der Waals surface area contributed by atoms with Crippen LogP contribution in [-0.2, 0) is 11.3 Å². The monoisotopic (exact) mass is 221 g/mol. The number of carbonyl (C=O) groups excluding carboxylic acids is 1. The molecule has 0 aliphatic rings. The zero-order valence-corrected chi connectivity index (χ0v) is 7.80. The molecule has 0 saturated carbocycles. The highest BCUT2D eigenvalue weighted by Crippen LogP contribution is 2.20. The predicted molar refractivity (Wildman–Crippen MR) is 45.8 cm³/mol. The highest BCUT2D eigenvalue weighted by Gasteiger charge is 2.27. The van der Waals surface area contributed by atoms with Gasteiger partial charge in [-0.05, 0) is 12.1 Å². The molecule has 6 heteroatoms. The topological polar surface area (TPSA) is 42.2 Å². The standard InChI is InChI=1S/C9H10F3NO2/c10-9(11,12)4-3-8(14)13-6-7-2-1-5-15-7/h1-2,5H,3-4,6H2,(H,13,14). The smallest absolute Gasteiger partial charge is 0.389 e. The van der Waals surface area contributed by atoms with Crippen molar-refractivity contribution in [3.8, 4) is 0 Å². The summed E-state index contributed by atoms with van der Waals surface area (Å²) in [6.45, 7) is 0.115. The van der Waals surface area contributed by atoms with Crippen LogP contribution in [0.3, 0.4) is 0 Å². The zero-order chi connectivity index (χ0) is 11.3. The Hall–Kier alpha value is -1.46. The van der Waals surface area contributed by atoms with E-state index in [2.05, 4.69) is 5.32 Å². The van der Waals surface area contributed by atoms with Crippen molar-refractivity contribution >= 4 is 5.91 Å². The van der Waals surface area contributed by atoms with Gasteiger partial charge >= 0.3 is 6.18 Å². The number of rotatable bonds is 4. The first-order valence-corrected chi connectivity index (χ1v) is 4.33. The lowest BCUT2D eigenvalue weighted by Gasteiger charge is -2.06. The van der Waals surface area contributed by atoms with E-state index >= 15 is 0 Å². The third kappa shape index (κ3) is 5.09. The molecule has 0 aromatic carbocycles. The van der Waals surface area contributed by atoms with Crippen LogP contribution in [0.15, 0.2) is 22.8 Å². The fourth-order valence-corrected chi connectivity index (χ4v) is 0.943. The minimum Gasteiger partial charge on any atom is -0.467 e. The zero-order valence-electron chi connectivity index (χ0n) is 7.80. The Morgan fingerprint density at radius 1 is 1.47 bits per heavy atom. The Labute approximate surface area is 84.3 Å². The van der Waals surface area contributed by atoms with Gasteiger partial charge < -0.3 is 9.73 Å². The number of furan rings is 1. The molecule has 0 spiro atoms. The maximum absolute atomic E-state index is 11.7. The SMILES string of the molecule is O=C(CCC(F)(F)F)NCc1ccco1. The van der Waals surface area contributed by atoms with Crippen LogP contribution in [0.1, 0.15) is 18.6 Å². The third-order valence-electron chi connectivity index (χ3n) is 1.68. The Balaban J connectivity index is 2.20. The van der Waals surface area contributed by atoms with E-state index < -0.39 is 24.9 Å². The molecule has 0 aliphatic heterocycles. The number of hydrogen-bond donors (Lipinski definition) is 1. The van der Waals surface area contributed by atoms with E-state index in [1.54, 1.807) is 12.1 Å². The third-order valence-corrected chi connectivity index (χ3v) is 1.68. The Morgan fingerprint density at radius 3 is 2.73 bits per heavy atom. The van der Waals surface area contributed by atoms with Gasteiger partial charge in [0.2, 0.25) is 5.91 Å². The lowest BCUT2D eigenvalue weighted by atomic mass is 10.3. The van der Waals surface area contributed by atoms with Crippen LogP contribution in [-0.4, -0.2) is 12.1 Å². The summed E-state index contributed by atoms with van der Waals surface area (Å²) in [5.74, 6) is -0.126. The maximum atomic E-state index is 11.7. The molecule has 0 aliphatic carbocycles. The quantitative estimate of drug-likeness (QED) is 0.847. The van der Waals surface area contributed by atoms with Crippen LogP contribution in [0.25, 0.3) is 0 Å². The van der Waals surface area contributed by atoms with E-state index in [9.17, 15) is 18.0 Å². The molecule has 1 heterocycles. The molecule has 0 bridgehead atoms. The summed E-state index contributed by atoms with van der Waals surface area (Å²) in [5, 5.41) is 2.32. The second kappa shape index (κ2) is 4.86. The largest absolute Gasteiger partial charge is 0.467 e. The fourth-order valence-electron chi connectivity index (χ4n) is 0.943. The molecule has 1 rings (SSSR count). The molecular formula is C9H10F3NO2. The average Bonchev–Trinajstić information content (AvgIpc) is 2.62. The summed E-state index contributed by atoms with van der Waals surface area (Å²) in [7, 11) is 0. The van der Waals surface area contributed by atoms with Crippen LogP contribution >= 0.6 is 0 Å². The lowest BCUT2D eigenvalue weighted by molar-refractivity contribution is -0.144. The summed E-state index contributed by atoms with van der Waals surface area (Å²) in [6.07, 6.45) is -4.51. The lowest BCUT2D eigenvalue weighted by Crippen LogP contribution is -2.24. The van der Waals surface area contributed by atoms with Gasteiger partial charge in [-0.1, -0.05) is 0 Å². The summed E-state index contributed by atoms with van der Waals surface area (Å²) in [5.41, 5.74) is 0. The van der Waals surface area contributed by atoms with E-state index in [0.717, 1.165) is 0 Å². The molecule has 1 N–H and O–H groups in total. The summed E-state index contributed by atoms with van der Waals surface area (Å²) in [4.78, 5) is 10.9. The Morgan fingerprint density at radius 2 is 2.20 bits per heavy atom. The normalized spacial score (nSPS) is 11.4. The minimum atomic E-state index is -4.29. The molecule has 0 saturated heterocycles. The van der Waals surface area contributed by atoms with Crippen LogP contribution < -0.4 is 5.32 Å². The van der Waals surface area contributed by atoms with Gasteiger partial charge in [0.05, 0.1) is 19.2 Å². The number of carbonyl (C=O) groups is 1. The van der Waals surface area contributed by atoms with Crippen molar-refractivity contribution in [2.45, 2.75) is 25.6 Å². The van der Waals surface area contributed by atoms with Crippen molar-refractivity contribution in [2.75, 3.05) is 0 Å². The van der Waals surface area contributed by atoms with E-state index in [0.29, 0.717) is 5.76 Å². The Kier molecular flexibility index (Phi) is 3.76. The van der Waals surface area contributed by atoms with E-state index in [-0.39, 0.29) is 6.54 Å². The van der Waals surface area contributed by atoms with Gasteiger partial charge in [-0.25, -0.2) is 0 Å². The predicted octanol–water partition coefficient (Wildman–Crippen LogP) is 2.24. The number of nitrogens with one attached hydrogen (secondary N) is 1. The van der Waals surface area contributed by atoms with Crippen LogP contribution in [0.4, 0.5) is 13.2 Å². The van der Waals surface area contributed by atoms with Crippen molar-refractivity contribution in [1.82, 2.24) is 5.32 Å². The van der Waals surface area contributed by atoms with Gasteiger partial charge in [0.25, 0.3) is 0 Å². The highest BCUT2D eigenvalue weighted by molar-refractivity contribution is 5.75. The van der Waals surface area contributed by atoms with Crippen molar-refractivity contribution in [3.63, 3.8) is 0 Å². The van der Waals surface area contributed by atoms with Crippen LogP contribution in [0.2, 0.25) is 0 Å². The van der Waals surface area contributed by atoms with Gasteiger partial charge in [-0.2, -0.15) is 13.2 Å². The molecule has 1 aromatic heterocycles. The van der Waals surface area contributed by atoms with Crippen molar-refractivity contribution in [3.05, 3.63) is 24.2 Å². The first-order chi connectivity index (χ1) is 6.97. The summed E-state index contributed by atoms with van der Waals surface area (Å²) in [6, 6.07) is 3.27. The molecular weight excluding hydrogens is 211 g/mol. The molecule has 15 heavy (non-hydrogen) atoms. The van der Waals surface area contributed by atoms with Gasteiger partial charge in [-0.15, -0.1) is 0 Å². The van der Waals surface area contributed by atoms with E-state index in [1.807, 2.05) is 0 Å². The fraction of sp³-hybridized carbons (Fsp3) is 0.444. The number of amides is 1. The molecule has 84 valence electrons. The van der Waals surface area contributed by atoms with E-state index in [4.69, 9.17) is 4.42 Å². The first kappa shape index (κ1) is 11.6. The molecule has 0 atom stereocenters. The van der Waals surface area contributed by atoms with E-state index in [1.165, 1.54) is 6.26 Å².